The molecule has 2 aromatic heterocycles. The Morgan fingerprint density at radius 2 is 1.77 bits per heavy atom. The molecule has 0 aliphatic rings. The average Bonchev–Trinajstić information content (AvgIpc) is 3.12. The third-order valence-electron chi connectivity index (χ3n) is 5.10. The van der Waals surface area contributed by atoms with E-state index in [1.807, 2.05) is 0 Å². The first kappa shape index (κ1) is 24.4. The summed E-state index contributed by atoms with van der Waals surface area (Å²) in [5.74, 6) is -10.3. The minimum absolute atomic E-state index is 0.0218. The topological polar surface area (TPSA) is 166 Å². The smallest absolute Gasteiger partial charge is 0.261 e. The molecule has 0 unspecified atom stereocenters. The molecule has 0 bridgehead atoms. The number of fused-ring (bicyclic) bond motifs is 1. The first-order chi connectivity index (χ1) is 16.4. The largest absolute Gasteiger partial charge is 0.366 e. The van der Waals surface area contributed by atoms with Crippen LogP contribution in [-0.2, 0) is 5.79 Å². The van der Waals surface area contributed by atoms with Crippen molar-refractivity contribution in [3.63, 3.8) is 0 Å². The van der Waals surface area contributed by atoms with Gasteiger partial charge in [0.25, 0.3) is 11.8 Å². The lowest BCUT2D eigenvalue weighted by Crippen LogP contribution is -2.53. The van der Waals surface area contributed by atoms with Crippen molar-refractivity contribution < 1.29 is 34.0 Å². The lowest BCUT2D eigenvalue weighted by Gasteiger charge is -2.31. The van der Waals surface area contributed by atoms with Gasteiger partial charge in [-0.15, -0.1) is 5.10 Å². The molecule has 0 spiro atoms. The summed E-state index contributed by atoms with van der Waals surface area (Å²) in [6.07, 6.45) is 0.170. The van der Waals surface area contributed by atoms with Crippen molar-refractivity contribution in [2.24, 2.45) is 0 Å². The highest BCUT2D eigenvalue weighted by Gasteiger charge is 2.40. The minimum atomic E-state index is -3.27. The number of pyridine rings is 1. The van der Waals surface area contributed by atoms with E-state index in [0.29, 0.717) is 0 Å². The monoisotopic (exact) mass is 505 g/mol. The number of hydrogen-bond donors (Lipinski definition) is 6. The molecule has 2 aromatic carbocycles. The number of carbonyl (C=O) groups excluding carboxylic acids is 1. The van der Waals surface area contributed by atoms with Crippen LogP contribution in [0, 0.1) is 11.6 Å². The van der Waals surface area contributed by atoms with Gasteiger partial charge in [0.2, 0.25) is 5.95 Å². The Morgan fingerprint density at radius 3 is 2.46 bits per heavy atom. The SMILES string of the molecule is Nc1nc2cc(-c3ccc(F)c(C(=O)NC(O)(O)CC(O)(O)c4ccc(Cl)cc4)c3F)ccn2n1. The summed E-state index contributed by atoms with van der Waals surface area (Å²) in [4.78, 5) is 16.6. The van der Waals surface area contributed by atoms with E-state index in [-0.39, 0.29) is 33.3 Å². The van der Waals surface area contributed by atoms with Crippen LogP contribution in [0.15, 0.2) is 54.7 Å². The fraction of sp³-hybridized carbons (Fsp3) is 0.136. The summed E-state index contributed by atoms with van der Waals surface area (Å²) < 4.78 is 31.0. The molecule has 4 aromatic rings. The summed E-state index contributed by atoms with van der Waals surface area (Å²) in [6, 6.07) is 9.82. The molecule has 0 fully saturated rings. The normalized spacial score (nSPS) is 12.2. The van der Waals surface area contributed by atoms with Gasteiger partial charge in [0.05, 0.1) is 6.42 Å². The third kappa shape index (κ3) is 5.06. The van der Waals surface area contributed by atoms with E-state index >= 15 is 4.39 Å². The van der Waals surface area contributed by atoms with Crippen LogP contribution in [0.4, 0.5) is 14.7 Å². The van der Waals surface area contributed by atoms with Crippen LogP contribution in [-0.4, -0.2) is 46.8 Å². The Bertz CT molecular complexity index is 1430. The number of nitrogens with zero attached hydrogens (tertiary/aromatic N) is 3. The molecule has 1 amide bonds. The summed E-state index contributed by atoms with van der Waals surface area (Å²) in [5, 5.41) is 46.7. The zero-order chi connectivity index (χ0) is 25.5. The molecule has 0 saturated carbocycles. The fourth-order valence-electron chi connectivity index (χ4n) is 3.50. The molecule has 2 heterocycles. The molecule has 182 valence electrons. The summed E-state index contributed by atoms with van der Waals surface area (Å²) in [6.45, 7) is 0. The number of aliphatic hydroxyl groups is 4. The maximum Gasteiger partial charge on any atom is 0.261 e. The van der Waals surface area contributed by atoms with Crippen molar-refractivity contribution in [2.75, 3.05) is 5.73 Å². The zero-order valence-electron chi connectivity index (χ0n) is 17.7. The third-order valence-corrected chi connectivity index (χ3v) is 5.35. The Balaban J connectivity index is 1.61. The van der Waals surface area contributed by atoms with Crippen molar-refractivity contribution in [1.82, 2.24) is 19.9 Å². The van der Waals surface area contributed by atoms with E-state index in [9.17, 15) is 29.6 Å². The van der Waals surface area contributed by atoms with Gasteiger partial charge >= 0.3 is 0 Å². The van der Waals surface area contributed by atoms with E-state index in [1.54, 1.807) is 5.32 Å². The van der Waals surface area contributed by atoms with Crippen molar-refractivity contribution in [3.05, 3.63) is 82.5 Å². The lowest BCUT2D eigenvalue weighted by molar-refractivity contribution is -0.268. The number of nitrogen functional groups attached to an aromatic ring is 1. The van der Waals surface area contributed by atoms with Gasteiger partial charge in [0.1, 0.15) is 17.2 Å². The van der Waals surface area contributed by atoms with Gasteiger partial charge in [0.15, 0.2) is 11.4 Å². The highest BCUT2D eigenvalue weighted by Crippen LogP contribution is 2.30. The molecular weight excluding hydrogens is 488 g/mol. The van der Waals surface area contributed by atoms with Gasteiger partial charge in [-0.3, -0.25) is 4.79 Å². The van der Waals surface area contributed by atoms with Gasteiger partial charge in [-0.05, 0) is 42.0 Å². The van der Waals surface area contributed by atoms with Crippen LogP contribution >= 0.6 is 11.6 Å². The maximum atomic E-state index is 15.2. The van der Waals surface area contributed by atoms with Crippen molar-refractivity contribution in [2.45, 2.75) is 18.1 Å². The molecule has 0 aliphatic heterocycles. The molecule has 7 N–H and O–H groups in total. The highest BCUT2D eigenvalue weighted by atomic mass is 35.5. The second-order valence-electron chi connectivity index (χ2n) is 7.74. The van der Waals surface area contributed by atoms with Gasteiger partial charge in [0, 0.05) is 22.3 Å². The second kappa shape index (κ2) is 8.83. The van der Waals surface area contributed by atoms with Crippen LogP contribution in [0.3, 0.4) is 0 Å². The van der Waals surface area contributed by atoms with E-state index in [0.717, 1.165) is 12.1 Å². The number of amides is 1. The Labute approximate surface area is 200 Å². The van der Waals surface area contributed by atoms with E-state index in [1.165, 1.54) is 47.1 Å². The highest BCUT2D eigenvalue weighted by molar-refractivity contribution is 6.30. The number of nitrogens with two attached hydrogens (primary N) is 1. The quantitative estimate of drug-likeness (QED) is 0.214. The Morgan fingerprint density at radius 1 is 1.09 bits per heavy atom. The van der Waals surface area contributed by atoms with Crippen molar-refractivity contribution in [3.8, 4) is 11.1 Å². The molecule has 0 saturated heterocycles. The molecule has 13 heteroatoms. The Kier molecular flexibility index (Phi) is 6.17. The predicted molar refractivity (Wildman–Crippen MR) is 120 cm³/mol. The number of nitrogens with one attached hydrogen (secondary N) is 1. The first-order valence-electron chi connectivity index (χ1n) is 9.95. The van der Waals surface area contributed by atoms with Crippen LogP contribution in [0.25, 0.3) is 16.8 Å². The Hall–Kier alpha value is -3.68. The summed E-state index contributed by atoms with van der Waals surface area (Å²) in [5.41, 5.74) is 4.52. The lowest BCUT2D eigenvalue weighted by atomic mass is 9.99. The first-order valence-corrected chi connectivity index (χ1v) is 10.3. The van der Waals surface area contributed by atoms with Gasteiger partial charge in [-0.1, -0.05) is 23.7 Å². The van der Waals surface area contributed by atoms with Crippen LogP contribution in [0.2, 0.25) is 5.02 Å². The predicted octanol–water partition coefficient (Wildman–Crippen LogP) is 1.51. The number of rotatable bonds is 6. The molecule has 0 atom stereocenters. The van der Waals surface area contributed by atoms with Crippen molar-refractivity contribution >= 4 is 29.1 Å². The van der Waals surface area contributed by atoms with E-state index in [4.69, 9.17) is 17.3 Å². The molecule has 0 radical (unpaired) electrons. The van der Waals surface area contributed by atoms with Crippen LogP contribution < -0.4 is 11.1 Å². The van der Waals surface area contributed by atoms with E-state index in [2.05, 4.69) is 10.1 Å². The average molecular weight is 506 g/mol. The van der Waals surface area contributed by atoms with Crippen molar-refractivity contribution in [1.29, 1.82) is 0 Å². The molecule has 10 nitrogen and oxygen atoms in total. The zero-order valence-corrected chi connectivity index (χ0v) is 18.4. The summed E-state index contributed by atoms with van der Waals surface area (Å²) in [7, 11) is 0. The van der Waals surface area contributed by atoms with Gasteiger partial charge in [-0.2, -0.15) is 4.98 Å². The van der Waals surface area contributed by atoms with Gasteiger partial charge in [-0.25, -0.2) is 13.3 Å². The number of halogens is 3. The second-order valence-corrected chi connectivity index (χ2v) is 8.18. The van der Waals surface area contributed by atoms with Gasteiger partial charge < -0.3 is 31.5 Å². The minimum Gasteiger partial charge on any atom is -0.366 e. The summed E-state index contributed by atoms with van der Waals surface area (Å²) >= 11 is 5.74. The molecule has 4 rings (SSSR count). The fourth-order valence-corrected chi connectivity index (χ4v) is 3.63. The van der Waals surface area contributed by atoms with Crippen LogP contribution in [0.1, 0.15) is 22.3 Å². The number of benzene rings is 2. The molecule has 35 heavy (non-hydrogen) atoms. The van der Waals surface area contributed by atoms with Crippen LogP contribution in [0.5, 0.6) is 0 Å². The standard InChI is InChI=1S/C22H18ClF2N5O5/c23-13-3-1-12(2-4-13)21(32,33)10-22(34,35)28-19(31)17-15(24)6-5-14(18(17)25)11-7-8-30-16(9-11)27-20(26)29-30/h1-9,32-35H,10H2,(H2,26,29)(H,28,31). The number of aromatic nitrogens is 3. The molecular formula is C22H18ClF2N5O5. The maximum absolute atomic E-state index is 15.2. The van der Waals surface area contributed by atoms with E-state index < -0.39 is 41.2 Å². The number of anilines is 1. The number of hydrogen-bond acceptors (Lipinski definition) is 8. The number of carbonyl (C=O) groups is 1. The molecule has 0 aliphatic carbocycles.